The Balaban J connectivity index is 2.34. The van der Waals surface area contributed by atoms with Crippen molar-refractivity contribution in [3.8, 4) is 11.8 Å². The van der Waals surface area contributed by atoms with Crippen LogP contribution in [0.25, 0.3) is 0 Å². The van der Waals surface area contributed by atoms with Crippen molar-refractivity contribution >= 4 is 11.6 Å². The van der Waals surface area contributed by atoms with Crippen LogP contribution in [0.4, 0.5) is 4.39 Å². The number of hydrogen-bond donors (Lipinski definition) is 0. The van der Waals surface area contributed by atoms with Gasteiger partial charge in [0, 0.05) is 6.04 Å². The molecule has 2 aromatic rings. The van der Waals surface area contributed by atoms with Crippen molar-refractivity contribution in [3.05, 3.63) is 41.4 Å². The summed E-state index contributed by atoms with van der Waals surface area (Å²) < 4.78 is 20.5. The lowest BCUT2D eigenvalue weighted by Gasteiger charge is -2.13. The Morgan fingerprint density at radius 2 is 2.06 bits per heavy atom. The molecule has 3 nitrogen and oxygen atoms in total. The van der Waals surface area contributed by atoms with Gasteiger partial charge in [-0.05, 0) is 26.0 Å². The fourth-order valence-electron chi connectivity index (χ4n) is 1.49. The summed E-state index contributed by atoms with van der Waals surface area (Å²) in [6.07, 6.45) is 1.48. The standard InChI is InChI=1S/C12H12ClFN2O/c1-8(2)16-11(13)7-15-12(16)17-10-6-4-3-5-9(10)14/h3-8H,1-2H3. The highest BCUT2D eigenvalue weighted by atomic mass is 35.5. The second-order valence-electron chi connectivity index (χ2n) is 3.86. The summed E-state index contributed by atoms with van der Waals surface area (Å²) >= 11 is 5.97. The van der Waals surface area contributed by atoms with Crippen molar-refractivity contribution in [2.75, 3.05) is 0 Å². The van der Waals surface area contributed by atoms with E-state index >= 15 is 0 Å². The minimum atomic E-state index is -0.429. The van der Waals surface area contributed by atoms with E-state index in [1.165, 1.54) is 12.3 Å². The zero-order valence-corrected chi connectivity index (χ0v) is 10.3. The molecule has 0 amide bonds. The average molecular weight is 255 g/mol. The third-order valence-corrected chi connectivity index (χ3v) is 2.55. The predicted molar refractivity (Wildman–Crippen MR) is 64.1 cm³/mol. The van der Waals surface area contributed by atoms with Crippen LogP contribution >= 0.6 is 11.6 Å². The van der Waals surface area contributed by atoms with Crippen LogP contribution in [0.15, 0.2) is 30.5 Å². The summed E-state index contributed by atoms with van der Waals surface area (Å²) in [5.74, 6) is -0.293. The topological polar surface area (TPSA) is 27.1 Å². The molecule has 0 radical (unpaired) electrons. The van der Waals surface area contributed by atoms with Gasteiger partial charge in [0.1, 0.15) is 5.15 Å². The summed E-state index contributed by atoms with van der Waals surface area (Å²) in [7, 11) is 0. The minimum Gasteiger partial charge on any atom is -0.422 e. The third-order valence-electron chi connectivity index (χ3n) is 2.27. The minimum absolute atomic E-state index is 0.0896. The number of rotatable bonds is 3. The average Bonchev–Trinajstić information content (AvgIpc) is 2.63. The summed E-state index contributed by atoms with van der Waals surface area (Å²) in [4.78, 5) is 4.02. The van der Waals surface area contributed by atoms with E-state index < -0.39 is 5.82 Å². The van der Waals surface area contributed by atoms with E-state index in [0.717, 1.165) is 0 Å². The number of imidazole rings is 1. The van der Waals surface area contributed by atoms with Crippen LogP contribution in [0.5, 0.6) is 11.8 Å². The molecule has 90 valence electrons. The van der Waals surface area contributed by atoms with Crippen LogP contribution in [-0.4, -0.2) is 9.55 Å². The van der Waals surface area contributed by atoms with E-state index in [1.54, 1.807) is 22.8 Å². The highest BCUT2D eigenvalue weighted by molar-refractivity contribution is 6.29. The molecule has 0 atom stereocenters. The first-order valence-corrected chi connectivity index (χ1v) is 5.62. The van der Waals surface area contributed by atoms with Gasteiger partial charge in [0.2, 0.25) is 0 Å². The molecule has 0 saturated carbocycles. The van der Waals surface area contributed by atoms with Gasteiger partial charge >= 0.3 is 6.01 Å². The number of benzene rings is 1. The largest absolute Gasteiger partial charge is 0.422 e. The second kappa shape index (κ2) is 4.75. The Labute approximate surface area is 104 Å². The van der Waals surface area contributed by atoms with Crippen molar-refractivity contribution in [2.45, 2.75) is 19.9 Å². The smallest absolute Gasteiger partial charge is 0.303 e. The first kappa shape index (κ1) is 11.9. The Hall–Kier alpha value is -1.55. The quantitative estimate of drug-likeness (QED) is 0.826. The monoisotopic (exact) mass is 254 g/mol. The van der Waals surface area contributed by atoms with E-state index in [2.05, 4.69) is 4.98 Å². The first-order valence-electron chi connectivity index (χ1n) is 5.24. The molecule has 0 aliphatic rings. The van der Waals surface area contributed by atoms with Gasteiger partial charge in [-0.2, -0.15) is 0 Å². The molecule has 0 fully saturated rings. The molecule has 0 unspecified atom stereocenters. The number of halogens is 2. The maximum absolute atomic E-state index is 13.4. The van der Waals surface area contributed by atoms with Gasteiger partial charge in [-0.1, -0.05) is 23.7 Å². The molecular weight excluding hydrogens is 243 g/mol. The molecule has 1 heterocycles. The zero-order chi connectivity index (χ0) is 12.4. The fraction of sp³-hybridized carbons (Fsp3) is 0.250. The Kier molecular flexibility index (Phi) is 3.33. The maximum Gasteiger partial charge on any atom is 0.303 e. The highest BCUT2D eigenvalue weighted by Crippen LogP contribution is 2.28. The van der Waals surface area contributed by atoms with Crippen LogP contribution in [0, 0.1) is 5.82 Å². The second-order valence-corrected chi connectivity index (χ2v) is 4.25. The molecule has 0 N–H and O–H groups in total. The number of ether oxygens (including phenoxy) is 1. The van der Waals surface area contributed by atoms with E-state index in [4.69, 9.17) is 16.3 Å². The van der Waals surface area contributed by atoms with Gasteiger partial charge in [0.15, 0.2) is 11.6 Å². The van der Waals surface area contributed by atoms with Gasteiger partial charge in [-0.3, -0.25) is 4.57 Å². The van der Waals surface area contributed by atoms with E-state index in [-0.39, 0.29) is 17.8 Å². The van der Waals surface area contributed by atoms with Gasteiger partial charge in [0.25, 0.3) is 0 Å². The molecule has 5 heteroatoms. The molecule has 0 aliphatic carbocycles. The van der Waals surface area contributed by atoms with Crippen LogP contribution in [0.2, 0.25) is 5.15 Å². The molecule has 2 rings (SSSR count). The molecule has 0 bridgehead atoms. The summed E-state index contributed by atoms with van der Waals surface area (Å²) in [6.45, 7) is 3.89. The summed E-state index contributed by atoms with van der Waals surface area (Å²) in [5.41, 5.74) is 0. The summed E-state index contributed by atoms with van der Waals surface area (Å²) in [5, 5.41) is 0.464. The van der Waals surface area contributed by atoms with Crippen LogP contribution in [0.3, 0.4) is 0 Å². The molecule has 0 aliphatic heterocycles. The lowest BCUT2D eigenvalue weighted by molar-refractivity contribution is 0.376. The van der Waals surface area contributed by atoms with Crippen LogP contribution in [-0.2, 0) is 0 Å². The third kappa shape index (κ3) is 2.42. The predicted octanol–water partition coefficient (Wildman–Crippen LogP) is 4.05. The number of hydrogen-bond acceptors (Lipinski definition) is 2. The summed E-state index contributed by atoms with van der Waals surface area (Å²) in [6, 6.07) is 6.55. The normalized spacial score (nSPS) is 10.9. The van der Waals surface area contributed by atoms with Gasteiger partial charge in [-0.25, -0.2) is 9.37 Å². The SMILES string of the molecule is CC(C)n1c(Cl)cnc1Oc1ccccc1F. The van der Waals surface area contributed by atoms with Crippen LogP contribution in [0.1, 0.15) is 19.9 Å². The fourth-order valence-corrected chi connectivity index (χ4v) is 1.81. The van der Waals surface area contributed by atoms with E-state index in [9.17, 15) is 4.39 Å². The van der Waals surface area contributed by atoms with Crippen molar-refractivity contribution in [1.29, 1.82) is 0 Å². The molecule has 1 aromatic carbocycles. The van der Waals surface area contributed by atoms with E-state index in [1.807, 2.05) is 13.8 Å². The number of nitrogens with zero attached hydrogens (tertiary/aromatic N) is 2. The van der Waals surface area contributed by atoms with Crippen molar-refractivity contribution in [1.82, 2.24) is 9.55 Å². The number of para-hydroxylation sites is 1. The lowest BCUT2D eigenvalue weighted by atomic mass is 10.3. The van der Waals surface area contributed by atoms with Crippen molar-refractivity contribution < 1.29 is 9.13 Å². The van der Waals surface area contributed by atoms with Gasteiger partial charge < -0.3 is 4.74 Å². The van der Waals surface area contributed by atoms with Crippen molar-refractivity contribution in [3.63, 3.8) is 0 Å². The molecular formula is C12H12ClFN2O. The molecule has 17 heavy (non-hydrogen) atoms. The van der Waals surface area contributed by atoms with Crippen LogP contribution < -0.4 is 4.74 Å². The zero-order valence-electron chi connectivity index (χ0n) is 9.52. The first-order chi connectivity index (χ1) is 8.09. The lowest BCUT2D eigenvalue weighted by Crippen LogP contribution is -2.04. The van der Waals surface area contributed by atoms with Gasteiger partial charge in [0.05, 0.1) is 6.20 Å². The maximum atomic E-state index is 13.4. The van der Waals surface area contributed by atoms with E-state index in [0.29, 0.717) is 5.15 Å². The van der Waals surface area contributed by atoms with Gasteiger partial charge in [-0.15, -0.1) is 0 Å². The Morgan fingerprint density at radius 1 is 1.35 bits per heavy atom. The molecule has 0 spiro atoms. The molecule has 1 aromatic heterocycles. The highest BCUT2D eigenvalue weighted by Gasteiger charge is 2.14. The Morgan fingerprint density at radius 3 is 2.71 bits per heavy atom. The Bertz CT molecular complexity index is 525. The molecule has 0 saturated heterocycles. The van der Waals surface area contributed by atoms with Crippen molar-refractivity contribution in [2.24, 2.45) is 0 Å². The number of aromatic nitrogens is 2.